The normalized spacial score (nSPS) is 8.46. The minimum absolute atomic E-state index is 0.433. The Bertz CT molecular complexity index is 184. The zero-order chi connectivity index (χ0) is 11.3. The number of carbonyl (C=O) groups is 1. The molecule has 0 spiro atoms. The fraction of sp³-hybridized carbons (Fsp3) is 0.400. The van der Waals surface area contributed by atoms with Crippen molar-refractivity contribution in [3.8, 4) is 0 Å². The molecule has 5 N–H and O–H groups in total. The third kappa shape index (κ3) is 36.6. The number of rotatable bonds is 2. The maximum atomic E-state index is 9.80. The Morgan fingerprint density at radius 2 is 1.69 bits per heavy atom. The fourth-order valence-corrected chi connectivity index (χ4v) is 0.406. The maximum absolute atomic E-state index is 9.80. The molecule has 0 amide bonds. The molecule has 0 saturated heterocycles. The zero-order valence-corrected chi connectivity index (χ0v) is 8.36. The molecule has 0 aliphatic heterocycles. The van der Waals surface area contributed by atoms with Gasteiger partial charge in [-0.05, 0) is 0 Å². The van der Waals surface area contributed by atoms with Crippen LogP contribution in [0.3, 0.4) is 0 Å². The van der Waals surface area contributed by atoms with Crippen LogP contribution < -0.4 is 5.73 Å². The van der Waals surface area contributed by atoms with Crippen LogP contribution in [0.5, 0.6) is 0 Å². The minimum atomic E-state index is -0.944. The van der Waals surface area contributed by atoms with Gasteiger partial charge in [0.1, 0.15) is 0 Å². The number of carboxylic acid groups (broad SMARTS) is 1. The summed E-state index contributed by atoms with van der Waals surface area (Å²) in [6.07, 6.45) is 1.50. The van der Waals surface area contributed by atoms with Gasteiger partial charge in [-0.25, -0.2) is 20.4 Å². The molecule has 0 aliphatic rings. The number of hydrogen-bond donors (Lipinski definition) is 4. The van der Waals surface area contributed by atoms with Gasteiger partial charge >= 0.3 is 49.0 Å². The summed E-state index contributed by atoms with van der Waals surface area (Å²) >= 11 is 2.13. The zero-order valence-electron chi connectivity index (χ0n) is 6.48. The third-order valence-corrected chi connectivity index (χ3v) is 1.34. The standard InChI is InChI=1S/C3H7NO2Se.2CHNO/c4-2(1-7)3(5)6;2*2-1-3/h2,7H,1,4H2,(H,5,6);2*2H. The number of carbonyl (C=O) groups excluding carboxylic acids is 2. The topological polar surface area (TPSA) is 145 Å². The first-order chi connectivity index (χ1) is 6.01. The molecule has 1 atom stereocenters. The van der Waals surface area contributed by atoms with Crippen molar-refractivity contribution in [2.45, 2.75) is 11.4 Å². The molecule has 74 valence electrons. The number of isocyanates is 2. The number of aliphatic carboxylic acids is 1. The summed E-state index contributed by atoms with van der Waals surface area (Å²) in [7, 11) is 0. The molecule has 0 rings (SSSR count). The molecule has 7 nitrogen and oxygen atoms in total. The Morgan fingerprint density at radius 3 is 1.69 bits per heavy atom. The molecule has 0 aromatic heterocycles. The number of carboxylic acids is 1. The first-order valence-electron chi connectivity index (χ1n) is 2.68. The molecule has 0 bridgehead atoms. The van der Waals surface area contributed by atoms with Crippen LogP contribution in [0.4, 0.5) is 0 Å². The third-order valence-electron chi connectivity index (χ3n) is 0.514. The van der Waals surface area contributed by atoms with Gasteiger partial charge in [-0.1, -0.05) is 0 Å². The van der Waals surface area contributed by atoms with E-state index in [9.17, 15) is 4.79 Å². The Kier molecular flexibility index (Phi) is 23.1. The van der Waals surface area contributed by atoms with Gasteiger partial charge in [0.05, 0.1) is 0 Å². The quantitative estimate of drug-likeness (QED) is 0.269. The molecule has 0 saturated carbocycles. The average Bonchev–Trinajstić information content (AvgIpc) is 2.05. The van der Waals surface area contributed by atoms with Gasteiger partial charge in [0.25, 0.3) is 0 Å². The molecule has 0 aromatic carbocycles. The van der Waals surface area contributed by atoms with Gasteiger partial charge in [-0.3, -0.25) is 0 Å². The first-order valence-corrected chi connectivity index (χ1v) is 4.01. The molecule has 0 heterocycles. The van der Waals surface area contributed by atoms with E-state index in [1.54, 1.807) is 0 Å². The fourth-order valence-electron chi connectivity index (χ4n) is 0.0781. The van der Waals surface area contributed by atoms with Gasteiger partial charge in [-0.15, -0.1) is 0 Å². The van der Waals surface area contributed by atoms with E-state index in [4.69, 9.17) is 31.2 Å². The van der Waals surface area contributed by atoms with Crippen molar-refractivity contribution in [1.82, 2.24) is 0 Å². The monoisotopic (exact) mass is 255 g/mol. The molecule has 1 unspecified atom stereocenters. The van der Waals surface area contributed by atoms with E-state index in [1.807, 2.05) is 0 Å². The molecule has 13 heavy (non-hydrogen) atoms. The summed E-state index contributed by atoms with van der Waals surface area (Å²) in [6.45, 7) is 0. The van der Waals surface area contributed by atoms with Crippen LogP contribution in [0.1, 0.15) is 0 Å². The van der Waals surface area contributed by atoms with E-state index in [2.05, 4.69) is 16.0 Å². The van der Waals surface area contributed by atoms with Gasteiger partial charge < -0.3 is 0 Å². The van der Waals surface area contributed by atoms with E-state index in [1.165, 1.54) is 0 Å². The van der Waals surface area contributed by atoms with Crippen molar-refractivity contribution in [2.24, 2.45) is 5.73 Å². The van der Waals surface area contributed by atoms with E-state index in [-0.39, 0.29) is 0 Å². The van der Waals surface area contributed by atoms with Crippen LogP contribution in [0.25, 0.3) is 0 Å². The Labute approximate surface area is 82.1 Å². The molecule has 0 aromatic rings. The van der Waals surface area contributed by atoms with E-state index in [0.29, 0.717) is 5.32 Å². The molecular weight excluding hydrogens is 245 g/mol. The molecule has 0 radical (unpaired) electrons. The summed E-state index contributed by atoms with van der Waals surface area (Å²) in [5, 5.41) is 19.3. The van der Waals surface area contributed by atoms with E-state index >= 15 is 0 Å². The second-order valence-electron chi connectivity index (χ2n) is 1.33. The summed E-state index contributed by atoms with van der Waals surface area (Å²) in [5.74, 6) is -0.944. The van der Waals surface area contributed by atoms with Gasteiger partial charge in [0.15, 0.2) is 0 Å². The van der Waals surface area contributed by atoms with Crippen LogP contribution in [-0.4, -0.2) is 45.3 Å². The van der Waals surface area contributed by atoms with Crippen molar-refractivity contribution in [3.63, 3.8) is 0 Å². The van der Waals surface area contributed by atoms with Crippen molar-refractivity contribution in [3.05, 3.63) is 0 Å². The second kappa shape index (κ2) is 17.0. The summed E-state index contributed by atoms with van der Waals surface area (Å²) in [4.78, 5) is 26.5. The summed E-state index contributed by atoms with van der Waals surface area (Å²) < 4.78 is 0. The van der Waals surface area contributed by atoms with E-state index < -0.39 is 12.0 Å². The molecule has 8 heteroatoms. The summed E-state index contributed by atoms with van der Waals surface area (Å²) in [5.41, 5.74) is 5.00. The SMILES string of the molecule is N=C=O.N=C=O.NC(C[SeH])C(=O)O. The van der Waals surface area contributed by atoms with Crippen molar-refractivity contribution < 1.29 is 19.5 Å². The van der Waals surface area contributed by atoms with Gasteiger partial charge in [0.2, 0.25) is 12.2 Å². The Balaban J connectivity index is -0.000000140. The van der Waals surface area contributed by atoms with Crippen LogP contribution in [0, 0.1) is 10.8 Å². The number of hydrogen-bond acceptors (Lipinski definition) is 6. The molecule has 0 aliphatic carbocycles. The first kappa shape index (κ1) is 17.7. The van der Waals surface area contributed by atoms with E-state index in [0.717, 1.165) is 12.2 Å². The molecule has 0 fully saturated rings. The summed E-state index contributed by atoms with van der Waals surface area (Å²) in [6, 6.07) is -0.708. The van der Waals surface area contributed by atoms with Crippen LogP contribution in [0.15, 0.2) is 0 Å². The van der Waals surface area contributed by atoms with Crippen LogP contribution in [-0.2, 0) is 14.4 Å². The second-order valence-corrected chi connectivity index (χ2v) is 2.10. The van der Waals surface area contributed by atoms with Crippen LogP contribution >= 0.6 is 0 Å². The van der Waals surface area contributed by atoms with Gasteiger partial charge in [-0.2, -0.15) is 0 Å². The average molecular weight is 254 g/mol. The van der Waals surface area contributed by atoms with Crippen molar-refractivity contribution >= 4 is 34.1 Å². The molecular formula is C5H9N3O4Se. The number of nitrogens with two attached hydrogens (primary N) is 1. The van der Waals surface area contributed by atoms with Crippen molar-refractivity contribution in [2.75, 3.05) is 0 Å². The van der Waals surface area contributed by atoms with Crippen LogP contribution in [0.2, 0.25) is 5.32 Å². The van der Waals surface area contributed by atoms with Crippen molar-refractivity contribution in [1.29, 1.82) is 10.8 Å². The Hall–Kier alpha value is -1.29. The van der Waals surface area contributed by atoms with Gasteiger partial charge in [0, 0.05) is 0 Å². The predicted octanol–water partition coefficient (Wildman–Crippen LogP) is -1.48. The number of nitrogens with one attached hydrogen (secondary N) is 2. The predicted molar refractivity (Wildman–Crippen MR) is 44.4 cm³/mol. The Morgan fingerprint density at radius 1 is 1.46 bits per heavy atom.